The van der Waals surface area contributed by atoms with Gasteiger partial charge in [-0.1, -0.05) is 36.2 Å². The van der Waals surface area contributed by atoms with Gasteiger partial charge < -0.3 is 10.6 Å². The molecule has 0 amide bonds. The molecule has 1 saturated heterocycles. The molecule has 1 spiro atoms. The molecular weight excluding hydrogens is 382 g/mol. The van der Waals surface area contributed by atoms with Gasteiger partial charge in [0.05, 0.1) is 0 Å². The van der Waals surface area contributed by atoms with Gasteiger partial charge in [-0.2, -0.15) is 4.98 Å². The number of nitrogens with two attached hydrogens (primary N) is 1. The largest absolute Gasteiger partial charge is 0.382 e. The third-order valence-electron chi connectivity index (χ3n) is 5.96. The zero-order chi connectivity index (χ0) is 19.0. The Morgan fingerprint density at radius 2 is 1.93 bits per heavy atom. The summed E-state index contributed by atoms with van der Waals surface area (Å²) in [6.45, 7) is 1.86. The Hall–Kier alpha value is -1.73. The lowest BCUT2D eigenvalue weighted by atomic mass is 9.77. The van der Waals surface area contributed by atoms with E-state index in [1.807, 2.05) is 6.07 Å². The van der Waals surface area contributed by atoms with Crippen LogP contribution in [0.3, 0.4) is 0 Å². The molecular formula is C19H24ClN5OS. The molecule has 1 saturated carbocycles. The third kappa shape index (κ3) is 3.55. The summed E-state index contributed by atoms with van der Waals surface area (Å²) in [5, 5.41) is 0.353. The first-order valence-electron chi connectivity index (χ1n) is 9.39. The van der Waals surface area contributed by atoms with E-state index in [2.05, 4.69) is 14.9 Å². The Morgan fingerprint density at radius 3 is 2.59 bits per heavy atom. The summed E-state index contributed by atoms with van der Waals surface area (Å²) in [6, 6.07) is 3.60. The summed E-state index contributed by atoms with van der Waals surface area (Å²) < 4.78 is 1.61. The van der Waals surface area contributed by atoms with Gasteiger partial charge in [0, 0.05) is 31.2 Å². The number of hydrogen-bond acceptors (Lipinski definition) is 6. The van der Waals surface area contributed by atoms with E-state index >= 15 is 0 Å². The summed E-state index contributed by atoms with van der Waals surface area (Å²) in [4.78, 5) is 24.9. The molecule has 0 atom stereocenters. The maximum atomic E-state index is 13.0. The van der Waals surface area contributed by atoms with Gasteiger partial charge in [-0.25, -0.2) is 4.98 Å². The molecule has 4 rings (SSSR count). The molecule has 27 heavy (non-hydrogen) atoms. The number of nitrogens with zero attached hydrogens (tertiary/aromatic N) is 4. The standard InChI is InChI=1S/C19H24ClN5OS/c1-24-17(26)14(27-13-5-4-10-22-15(13)20)16(21)23-18(24)25-11-8-19(9-12-25)6-2-3-7-19/h4-5,10H,2-3,6-9,11-12,21H2,1H3. The molecule has 1 aliphatic heterocycles. The average Bonchev–Trinajstić information content (AvgIpc) is 3.12. The van der Waals surface area contributed by atoms with Crippen molar-refractivity contribution in [3.8, 4) is 0 Å². The van der Waals surface area contributed by atoms with E-state index in [4.69, 9.17) is 17.3 Å². The van der Waals surface area contributed by atoms with Gasteiger partial charge in [-0.3, -0.25) is 9.36 Å². The van der Waals surface area contributed by atoms with Crippen LogP contribution in [-0.4, -0.2) is 27.6 Å². The predicted molar refractivity (Wildman–Crippen MR) is 110 cm³/mol. The van der Waals surface area contributed by atoms with E-state index in [0.717, 1.165) is 13.1 Å². The van der Waals surface area contributed by atoms with Gasteiger partial charge in [-0.15, -0.1) is 0 Å². The highest BCUT2D eigenvalue weighted by Crippen LogP contribution is 2.46. The summed E-state index contributed by atoms with van der Waals surface area (Å²) in [5.74, 6) is 0.908. The zero-order valence-corrected chi connectivity index (χ0v) is 17.0. The van der Waals surface area contributed by atoms with Gasteiger partial charge in [0.15, 0.2) is 0 Å². The molecule has 2 aromatic heterocycles. The van der Waals surface area contributed by atoms with Crippen LogP contribution in [0.25, 0.3) is 0 Å². The van der Waals surface area contributed by atoms with Crippen molar-refractivity contribution < 1.29 is 0 Å². The fourth-order valence-electron chi connectivity index (χ4n) is 4.33. The molecule has 3 heterocycles. The first-order chi connectivity index (χ1) is 13.0. The second-order valence-corrected chi connectivity index (χ2v) is 8.99. The molecule has 1 aliphatic carbocycles. The highest BCUT2D eigenvalue weighted by Gasteiger charge is 2.37. The number of hydrogen-bond donors (Lipinski definition) is 1. The minimum Gasteiger partial charge on any atom is -0.382 e. The van der Waals surface area contributed by atoms with E-state index in [-0.39, 0.29) is 11.4 Å². The molecule has 0 unspecified atom stereocenters. The van der Waals surface area contributed by atoms with E-state index in [1.54, 1.807) is 23.9 Å². The normalized spacial score (nSPS) is 19.0. The van der Waals surface area contributed by atoms with Crippen LogP contribution in [0, 0.1) is 5.41 Å². The fourth-order valence-corrected chi connectivity index (χ4v) is 5.44. The van der Waals surface area contributed by atoms with Crippen LogP contribution >= 0.6 is 23.4 Å². The van der Waals surface area contributed by atoms with Crippen molar-refractivity contribution in [1.82, 2.24) is 14.5 Å². The number of piperidine rings is 1. The molecule has 0 aromatic carbocycles. The smallest absolute Gasteiger partial charge is 0.270 e. The molecule has 0 radical (unpaired) electrons. The van der Waals surface area contributed by atoms with Crippen molar-refractivity contribution >= 4 is 35.1 Å². The van der Waals surface area contributed by atoms with Crippen molar-refractivity contribution in [2.45, 2.75) is 48.3 Å². The fraction of sp³-hybridized carbons (Fsp3) is 0.526. The lowest BCUT2D eigenvalue weighted by molar-refractivity contribution is 0.225. The minimum absolute atomic E-state index is 0.149. The summed E-state index contributed by atoms with van der Waals surface area (Å²) in [7, 11) is 1.76. The molecule has 2 fully saturated rings. The predicted octanol–water partition coefficient (Wildman–Crippen LogP) is 3.72. The minimum atomic E-state index is -0.149. The lowest BCUT2D eigenvalue weighted by Gasteiger charge is -2.40. The molecule has 0 bridgehead atoms. The van der Waals surface area contributed by atoms with Crippen LogP contribution in [0.4, 0.5) is 11.8 Å². The van der Waals surface area contributed by atoms with Crippen LogP contribution in [0.15, 0.2) is 32.9 Å². The molecule has 2 aromatic rings. The number of rotatable bonds is 3. The molecule has 2 aliphatic rings. The van der Waals surface area contributed by atoms with Crippen LogP contribution in [0.2, 0.25) is 5.15 Å². The van der Waals surface area contributed by atoms with Crippen molar-refractivity contribution in [2.75, 3.05) is 23.7 Å². The maximum Gasteiger partial charge on any atom is 0.270 e. The number of aromatic nitrogens is 3. The molecule has 6 nitrogen and oxygen atoms in total. The number of nitrogen functional groups attached to an aromatic ring is 1. The summed E-state index contributed by atoms with van der Waals surface area (Å²) in [5.41, 5.74) is 6.55. The monoisotopic (exact) mass is 405 g/mol. The zero-order valence-electron chi connectivity index (χ0n) is 15.4. The number of halogens is 1. The molecule has 8 heteroatoms. The number of pyridine rings is 1. The van der Waals surface area contributed by atoms with E-state index in [1.165, 1.54) is 50.3 Å². The van der Waals surface area contributed by atoms with Gasteiger partial charge in [0.2, 0.25) is 5.95 Å². The van der Waals surface area contributed by atoms with Crippen LogP contribution < -0.4 is 16.2 Å². The third-order valence-corrected chi connectivity index (χ3v) is 7.51. The van der Waals surface area contributed by atoms with Crippen molar-refractivity contribution in [2.24, 2.45) is 12.5 Å². The first kappa shape index (κ1) is 18.6. The highest BCUT2D eigenvalue weighted by molar-refractivity contribution is 7.99. The lowest BCUT2D eigenvalue weighted by Crippen LogP contribution is -2.42. The Labute approximate surface area is 168 Å². The SMILES string of the molecule is Cn1c(N2CCC3(CCCC3)CC2)nc(N)c(Sc2cccnc2Cl)c1=O. The Balaban J connectivity index is 1.59. The van der Waals surface area contributed by atoms with Crippen LogP contribution in [0.1, 0.15) is 38.5 Å². The van der Waals surface area contributed by atoms with Gasteiger partial charge in [-0.05, 0) is 43.2 Å². The van der Waals surface area contributed by atoms with Gasteiger partial charge >= 0.3 is 0 Å². The summed E-state index contributed by atoms with van der Waals surface area (Å²) in [6.07, 6.45) is 9.35. The van der Waals surface area contributed by atoms with Gasteiger partial charge in [0.1, 0.15) is 15.9 Å². The van der Waals surface area contributed by atoms with Crippen molar-refractivity contribution in [1.29, 1.82) is 0 Å². The second kappa shape index (κ2) is 7.36. The van der Waals surface area contributed by atoms with Crippen molar-refractivity contribution in [3.63, 3.8) is 0 Å². The highest BCUT2D eigenvalue weighted by atomic mass is 35.5. The van der Waals surface area contributed by atoms with Crippen molar-refractivity contribution in [3.05, 3.63) is 33.8 Å². The Morgan fingerprint density at radius 1 is 1.22 bits per heavy atom. The second-order valence-electron chi connectivity index (χ2n) is 7.58. The Bertz CT molecular complexity index is 899. The first-order valence-corrected chi connectivity index (χ1v) is 10.6. The van der Waals surface area contributed by atoms with E-state index in [9.17, 15) is 4.79 Å². The topological polar surface area (TPSA) is 77.0 Å². The van der Waals surface area contributed by atoms with Gasteiger partial charge in [0.25, 0.3) is 5.56 Å². The average molecular weight is 406 g/mol. The Kier molecular flexibility index (Phi) is 5.07. The number of anilines is 2. The summed E-state index contributed by atoms with van der Waals surface area (Å²) >= 11 is 7.34. The quantitative estimate of drug-likeness (QED) is 0.784. The van der Waals surface area contributed by atoms with E-state index in [0.29, 0.717) is 26.3 Å². The van der Waals surface area contributed by atoms with E-state index < -0.39 is 0 Å². The molecule has 144 valence electrons. The van der Waals surface area contributed by atoms with Crippen LogP contribution in [0.5, 0.6) is 0 Å². The van der Waals surface area contributed by atoms with Crippen LogP contribution in [-0.2, 0) is 7.05 Å². The maximum absolute atomic E-state index is 13.0. The molecule has 2 N–H and O–H groups in total.